The minimum atomic E-state index is -3.35. The molecule has 0 amide bonds. The molecule has 1 aromatic carbocycles. The van der Waals surface area contributed by atoms with Crippen molar-refractivity contribution < 1.29 is 17.9 Å². The second-order valence-corrected chi connectivity index (χ2v) is 6.99. The zero-order chi connectivity index (χ0) is 15.0. The number of carbonyl (C=O) groups is 1. The molecule has 20 heavy (non-hydrogen) atoms. The fourth-order valence-corrected chi connectivity index (χ4v) is 3.19. The van der Waals surface area contributed by atoms with E-state index in [2.05, 4.69) is 6.92 Å². The van der Waals surface area contributed by atoms with Gasteiger partial charge in [0.1, 0.15) is 5.75 Å². The first-order chi connectivity index (χ1) is 9.48. The molecule has 112 valence electrons. The van der Waals surface area contributed by atoms with Crippen molar-refractivity contribution in [2.45, 2.75) is 26.2 Å². The Morgan fingerprint density at radius 1 is 1.20 bits per heavy atom. The average molecular weight is 298 g/mol. The largest absolute Gasteiger partial charge is 0.385 e. The molecule has 0 unspecified atom stereocenters. The number of ketones is 1. The predicted octanol–water partition coefficient (Wildman–Crippen LogP) is 2.27. The molecule has 5 heteroatoms. The van der Waals surface area contributed by atoms with Crippen LogP contribution in [0.15, 0.2) is 24.3 Å². The molecule has 0 saturated carbocycles. The van der Waals surface area contributed by atoms with Crippen LogP contribution in [0.5, 0.6) is 0 Å². The minimum Gasteiger partial charge on any atom is -0.385 e. The van der Waals surface area contributed by atoms with Crippen molar-refractivity contribution in [2.75, 3.05) is 25.2 Å². The zero-order valence-corrected chi connectivity index (χ0v) is 12.9. The van der Waals surface area contributed by atoms with Crippen LogP contribution >= 0.6 is 0 Å². The summed E-state index contributed by atoms with van der Waals surface area (Å²) in [6.07, 6.45) is 2.42. The Morgan fingerprint density at radius 3 is 2.40 bits per heavy atom. The van der Waals surface area contributed by atoms with Crippen LogP contribution in [0.1, 0.15) is 35.7 Å². The maximum absolute atomic E-state index is 12.0. The molecule has 0 fully saturated rings. The van der Waals surface area contributed by atoms with Crippen LogP contribution in [0.2, 0.25) is 0 Å². The highest BCUT2D eigenvalue weighted by atomic mass is 32.2. The van der Waals surface area contributed by atoms with Crippen LogP contribution in [-0.4, -0.2) is 39.4 Å². The van der Waals surface area contributed by atoms with E-state index in [1.54, 1.807) is 12.1 Å². The summed E-state index contributed by atoms with van der Waals surface area (Å²) in [6.45, 7) is 2.48. The van der Waals surface area contributed by atoms with Crippen LogP contribution in [-0.2, 0) is 21.0 Å². The Hall–Kier alpha value is -1.20. The van der Waals surface area contributed by atoms with Crippen LogP contribution < -0.4 is 0 Å². The van der Waals surface area contributed by atoms with Crippen LogP contribution in [0, 0.1) is 0 Å². The van der Waals surface area contributed by atoms with Crippen LogP contribution in [0.3, 0.4) is 0 Å². The lowest BCUT2D eigenvalue weighted by molar-refractivity contribution is 0.102. The number of Topliss-reactive ketones (excluding diaryl/α,β-unsaturated/α-hetero) is 1. The highest BCUT2D eigenvalue weighted by Gasteiger charge is 2.17. The van der Waals surface area contributed by atoms with Gasteiger partial charge in [0.05, 0.1) is 5.75 Å². The molecular formula is C15H22O4S. The summed E-state index contributed by atoms with van der Waals surface area (Å²) in [4.78, 5) is 12.0. The highest BCUT2D eigenvalue weighted by Crippen LogP contribution is 2.09. The lowest BCUT2D eigenvalue weighted by Gasteiger charge is -2.05. The van der Waals surface area contributed by atoms with E-state index in [1.807, 2.05) is 12.1 Å². The summed E-state index contributed by atoms with van der Waals surface area (Å²) in [5, 5.41) is 0. The molecule has 1 aromatic rings. The summed E-state index contributed by atoms with van der Waals surface area (Å²) in [5.74, 6) is -0.782. The monoisotopic (exact) mass is 298 g/mol. The van der Waals surface area contributed by atoms with Gasteiger partial charge in [-0.05, 0) is 18.4 Å². The van der Waals surface area contributed by atoms with E-state index in [-0.39, 0.29) is 11.5 Å². The number of carbonyl (C=O) groups excluding carboxylic acids is 1. The molecular weight excluding hydrogens is 276 g/mol. The van der Waals surface area contributed by atoms with Crippen LogP contribution in [0.25, 0.3) is 0 Å². The van der Waals surface area contributed by atoms with E-state index >= 15 is 0 Å². The first kappa shape index (κ1) is 16.9. The Morgan fingerprint density at radius 2 is 1.85 bits per heavy atom. The third kappa shape index (κ3) is 5.84. The number of benzene rings is 1. The number of methoxy groups -OCH3 is 1. The third-order valence-corrected chi connectivity index (χ3v) is 4.58. The summed E-state index contributed by atoms with van der Waals surface area (Å²) < 4.78 is 28.4. The van der Waals surface area contributed by atoms with Gasteiger partial charge in [-0.3, -0.25) is 4.79 Å². The van der Waals surface area contributed by atoms with E-state index in [0.717, 1.165) is 18.4 Å². The highest BCUT2D eigenvalue weighted by molar-refractivity contribution is 7.92. The molecule has 0 atom stereocenters. The standard InChI is InChI=1S/C15H22O4S/c1-3-5-13-6-8-14(9-7-13)15(16)12-20(17,18)11-4-10-19-2/h6-9H,3-5,10-12H2,1-2H3. The fourth-order valence-electron chi connectivity index (χ4n) is 1.92. The lowest BCUT2D eigenvalue weighted by Crippen LogP contribution is -2.19. The van der Waals surface area contributed by atoms with Crippen molar-refractivity contribution in [1.29, 1.82) is 0 Å². The normalized spacial score (nSPS) is 11.5. The van der Waals surface area contributed by atoms with E-state index in [1.165, 1.54) is 7.11 Å². The fraction of sp³-hybridized carbons (Fsp3) is 0.533. The van der Waals surface area contributed by atoms with Crippen molar-refractivity contribution in [3.63, 3.8) is 0 Å². The second-order valence-electron chi connectivity index (χ2n) is 4.81. The Balaban J connectivity index is 2.61. The van der Waals surface area contributed by atoms with Crippen molar-refractivity contribution in [2.24, 2.45) is 0 Å². The van der Waals surface area contributed by atoms with Gasteiger partial charge in [-0.15, -0.1) is 0 Å². The summed E-state index contributed by atoms with van der Waals surface area (Å²) in [7, 11) is -1.83. The molecule has 0 aliphatic carbocycles. The topological polar surface area (TPSA) is 60.4 Å². The maximum atomic E-state index is 12.0. The van der Waals surface area contributed by atoms with E-state index in [0.29, 0.717) is 18.6 Å². The molecule has 0 spiro atoms. The van der Waals surface area contributed by atoms with E-state index in [9.17, 15) is 13.2 Å². The maximum Gasteiger partial charge on any atom is 0.177 e. The Kier molecular flexibility index (Phi) is 6.88. The van der Waals surface area contributed by atoms with E-state index < -0.39 is 15.6 Å². The molecule has 0 radical (unpaired) electrons. The molecule has 0 aliphatic heterocycles. The molecule has 4 nitrogen and oxygen atoms in total. The minimum absolute atomic E-state index is 0.0134. The Labute approximate surface area is 121 Å². The van der Waals surface area contributed by atoms with E-state index in [4.69, 9.17) is 4.74 Å². The van der Waals surface area contributed by atoms with Crippen molar-refractivity contribution in [1.82, 2.24) is 0 Å². The van der Waals surface area contributed by atoms with Gasteiger partial charge < -0.3 is 4.74 Å². The second kappa shape index (κ2) is 8.17. The summed E-state index contributed by atoms with van der Waals surface area (Å²) in [6, 6.07) is 7.18. The lowest BCUT2D eigenvalue weighted by atomic mass is 10.1. The quantitative estimate of drug-likeness (QED) is 0.518. The van der Waals surface area contributed by atoms with Crippen molar-refractivity contribution in [3.8, 4) is 0 Å². The number of hydrogen-bond acceptors (Lipinski definition) is 4. The number of hydrogen-bond donors (Lipinski definition) is 0. The average Bonchev–Trinajstić information content (AvgIpc) is 2.39. The van der Waals surface area contributed by atoms with Gasteiger partial charge >= 0.3 is 0 Å². The molecule has 1 rings (SSSR count). The molecule has 0 aliphatic rings. The number of sulfone groups is 1. The SMILES string of the molecule is CCCc1ccc(C(=O)CS(=O)(=O)CCCOC)cc1. The Bertz CT molecular complexity index is 517. The van der Waals surface area contributed by atoms with Crippen molar-refractivity contribution in [3.05, 3.63) is 35.4 Å². The summed E-state index contributed by atoms with van der Waals surface area (Å²) in [5.41, 5.74) is 1.62. The van der Waals surface area contributed by atoms with Gasteiger partial charge in [0, 0.05) is 19.3 Å². The molecule has 0 bridgehead atoms. The molecule has 0 aromatic heterocycles. The third-order valence-electron chi connectivity index (χ3n) is 2.97. The van der Waals surface area contributed by atoms with Gasteiger partial charge in [0.2, 0.25) is 0 Å². The predicted molar refractivity (Wildman–Crippen MR) is 79.9 cm³/mol. The smallest absolute Gasteiger partial charge is 0.177 e. The molecule has 0 saturated heterocycles. The number of rotatable bonds is 9. The molecule has 0 N–H and O–H groups in total. The van der Waals surface area contributed by atoms with Gasteiger partial charge in [-0.1, -0.05) is 37.6 Å². The zero-order valence-electron chi connectivity index (χ0n) is 12.1. The van der Waals surface area contributed by atoms with Gasteiger partial charge in [0.15, 0.2) is 15.6 Å². The number of ether oxygens (including phenoxy) is 1. The van der Waals surface area contributed by atoms with Gasteiger partial charge in [-0.2, -0.15) is 0 Å². The first-order valence-electron chi connectivity index (χ1n) is 6.80. The van der Waals surface area contributed by atoms with Crippen LogP contribution in [0.4, 0.5) is 0 Å². The van der Waals surface area contributed by atoms with Gasteiger partial charge in [-0.25, -0.2) is 8.42 Å². The number of aryl methyl sites for hydroxylation is 1. The first-order valence-corrected chi connectivity index (χ1v) is 8.62. The van der Waals surface area contributed by atoms with Gasteiger partial charge in [0.25, 0.3) is 0 Å². The summed E-state index contributed by atoms with van der Waals surface area (Å²) >= 11 is 0. The molecule has 0 heterocycles. The van der Waals surface area contributed by atoms with Crippen molar-refractivity contribution >= 4 is 15.6 Å².